The number of nitrogens with two attached hydrogens (primary N) is 1. The van der Waals surface area contributed by atoms with E-state index < -0.39 is 0 Å². The predicted molar refractivity (Wildman–Crippen MR) is 64.8 cm³/mol. The van der Waals surface area contributed by atoms with Gasteiger partial charge >= 0.3 is 0 Å². The quantitative estimate of drug-likeness (QED) is 0.773. The zero-order chi connectivity index (χ0) is 11.9. The van der Waals surface area contributed by atoms with Crippen molar-refractivity contribution in [3.63, 3.8) is 0 Å². The summed E-state index contributed by atoms with van der Waals surface area (Å²) in [5, 5.41) is 0. The minimum Gasteiger partial charge on any atom is -0.384 e. The van der Waals surface area contributed by atoms with Crippen molar-refractivity contribution in [2.24, 2.45) is 5.41 Å². The van der Waals surface area contributed by atoms with Crippen LogP contribution in [0.4, 0.5) is 5.82 Å². The first-order valence-corrected chi connectivity index (χ1v) is 5.43. The molecule has 1 heterocycles. The highest BCUT2D eigenvalue weighted by atomic mass is 15.2. The number of anilines is 1. The van der Waals surface area contributed by atoms with Crippen molar-refractivity contribution in [1.82, 2.24) is 9.55 Å². The first-order valence-electron chi connectivity index (χ1n) is 5.43. The van der Waals surface area contributed by atoms with Crippen molar-refractivity contribution in [1.29, 1.82) is 0 Å². The Kier molecular flexibility index (Phi) is 2.85. The van der Waals surface area contributed by atoms with Crippen molar-refractivity contribution in [2.45, 2.75) is 53.5 Å². The van der Waals surface area contributed by atoms with Gasteiger partial charge in [-0.15, -0.1) is 0 Å². The van der Waals surface area contributed by atoms with Crippen molar-refractivity contribution in [3.8, 4) is 0 Å². The van der Waals surface area contributed by atoms with E-state index in [2.05, 4.69) is 46.5 Å². The first kappa shape index (κ1) is 12.1. The summed E-state index contributed by atoms with van der Waals surface area (Å²) in [4.78, 5) is 4.41. The lowest BCUT2D eigenvalue weighted by Crippen LogP contribution is -2.23. The molecule has 0 bridgehead atoms. The fraction of sp³-hybridized carbons (Fsp3) is 0.750. The molecule has 0 unspecified atom stereocenters. The molecule has 2 N–H and O–H groups in total. The average Bonchev–Trinajstić information content (AvgIpc) is 2.27. The van der Waals surface area contributed by atoms with Crippen LogP contribution in [-0.2, 0) is 12.0 Å². The van der Waals surface area contributed by atoms with E-state index in [0.717, 1.165) is 17.9 Å². The van der Waals surface area contributed by atoms with E-state index in [1.165, 1.54) is 0 Å². The van der Waals surface area contributed by atoms with Crippen LogP contribution in [0.1, 0.15) is 47.2 Å². The van der Waals surface area contributed by atoms with Gasteiger partial charge in [0.1, 0.15) is 5.82 Å². The highest BCUT2D eigenvalue weighted by molar-refractivity contribution is 5.37. The van der Waals surface area contributed by atoms with Gasteiger partial charge in [-0.2, -0.15) is 0 Å². The molecule has 0 aliphatic rings. The van der Waals surface area contributed by atoms with Gasteiger partial charge in [0.15, 0.2) is 0 Å². The summed E-state index contributed by atoms with van der Waals surface area (Å²) in [6, 6.07) is 0. The number of rotatable bonds is 1. The van der Waals surface area contributed by atoms with Gasteiger partial charge < -0.3 is 10.3 Å². The van der Waals surface area contributed by atoms with Crippen LogP contribution < -0.4 is 5.73 Å². The van der Waals surface area contributed by atoms with Gasteiger partial charge in [-0.3, -0.25) is 0 Å². The molecule has 1 aromatic rings. The van der Waals surface area contributed by atoms with E-state index in [9.17, 15) is 0 Å². The normalized spacial score (nSPS) is 13.2. The molecule has 0 radical (unpaired) electrons. The smallest absolute Gasteiger partial charge is 0.127 e. The fourth-order valence-electron chi connectivity index (χ4n) is 1.57. The number of nitrogen functional groups attached to an aromatic ring is 1. The average molecular weight is 209 g/mol. The summed E-state index contributed by atoms with van der Waals surface area (Å²) in [5.74, 6) is 0.803. The summed E-state index contributed by atoms with van der Waals surface area (Å²) in [6.07, 6.45) is 2.76. The number of hydrogen-bond acceptors (Lipinski definition) is 2. The zero-order valence-electron chi connectivity index (χ0n) is 10.8. The van der Waals surface area contributed by atoms with E-state index in [1.807, 2.05) is 10.9 Å². The molecule has 0 amide bonds. The highest BCUT2D eigenvalue weighted by Gasteiger charge is 2.21. The number of hydrogen-bond donors (Lipinski definition) is 1. The molecule has 0 saturated carbocycles. The summed E-state index contributed by atoms with van der Waals surface area (Å²) >= 11 is 0. The van der Waals surface area contributed by atoms with Gasteiger partial charge in [-0.1, -0.05) is 20.8 Å². The molecule has 0 aliphatic heterocycles. The van der Waals surface area contributed by atoms with Crippen LogP contribution >= 0.6 is 0 Å². The standard InChI is InChI=1S/C12H23N3/c1-11(2,3)7-9-10(13)15(8-14-9)12(4,5)6/h8H,7,13H2,1-6H3. The lowest BCUT2D eigenvalue weighted by atomic mass is 9.90. The molecule has 0 aromatic carbocycles. The van der Waals surface area contributed by atoms with Gasteiger partial charge in [0.25, 0.3) is 0 Å². The maximum absolute atomic E-state index is 6.10. The molecule has 0 aliphatic carbocycles. The van der Waals surface area contributed by atoms with Gasteiger partial charge in [-0.05, 0) is 32.6 Å². The summed E-state index contributed by atoms with van der Waals surface area (Å²) in [6.45, 7) is 13.0. The monoisotopic (exact) mass is 209 g/mol. The van der Waals surface area contributed by atoms with Crippen LogP contribution in [0.25, 0.3) is 0 Å². The molecule has 1 rings (SSSR count). The third kappa shape index (κ3) is 2.98. The van der Waals surface area contributed by atoms with Crippen LogP contribution in [-0.4, -0.2) is 9.55 Å². The summed E-state index contributed by atoms with van der Waals surface area (Å²) in [5.41, 5.74) is 7.34. The topological polar surface area (TPSA) is 43.8 Å². The molecule has 0 fully saturated rings. The third-order valence-corrected chi connectivity index (χ3v) is 2.30. The largest absolute Gasteiger partial charge is 0.384 e. The Morgan fingerprint density at radius 1 is 1.20 bits per heavy atom. The van der Waals surface area contributed by atoms with Crippen molar-refractivity contribution < 1.29 is 0 Å². The number of aromatic nitrogens is 2. The molecule has 15 heavy (non-hydrogen) atoms. The summed E-state index contributed by atoms with van der Waals surface area (Å²) < 4.78 is 2.04. The van der Waals surface area contributed by atoms with Crippen LogP contribution in [0.2, 0.25) is 0 Å². The minimum absolute atomic E-state index is 0.00716. The molecule has 3 nitrogen and oxygen atoms in total. The van der Waals surface area contributed by atoms with Gasteiger partial charge in [0.05, 0.1) is 12.0 Å². The fourth-order valence-corrected chi connectivity index (χ4v) is 1.57. The molecular weight excluding hydrogens is 186 g/mol. The van der Waals surface area contributed by atoms with E-state index in [0.29, 0.717) is 0 Å². The van der Waals surface area contributed by atoms with Gasteiger partial charge in [0, 0.05) is 5.54 Å². The Hall–Kier alpha value is -0.990. The Morgan fingerprint density at radius 2 is 1.73 bits per heavy atom. The highest BCUT2D eigenvalue weighted by Crippen LogP contribution is 2.26. The zero-order valence-corrected chi connectivity index (χ0v) is 10.8. The Balaban J connectivity index is 3.00. The van der Waals surface area contributed by atoms with Crippen molar-refractivity contribution >= 4 is 5.82 Å². The lowest BCUT2D eigenvalue weighted by molar-refractivity contribution is 0.397. The molecule has 0 atom stereocenters. The molecule has 3 heteroatoms. The Bertz CT molecular complexity index is 337. The summed E-state index contributed by atoms with van der Waals surface area (Å²) in [7, 11) is 0. The third-order valence-electron chi connectivity index (χ3n) is 2.30. The lowest BCUT2D eigenvalue weighted by Gasteiger charge is -2.23. The van der Waals surface area contributed by atoms with E-state index >= 15 is 0 Å². The second-order valence-electron chi connectivity index (χ2n) is 6.35. The van der Waals surface area contributed by atoms with Crippen molar-refractivity contribution in [2.75, 3.05) is 5.73 Å². The maximum atomic E-state index is 6.10. The van der Waals surface area contributed by atoms with Crippen LogP contribution in [0.15, 0.2) is 6.33 Å². The maximum Gasteiger partial charge on any atom is 0.127 e. The first-order chi connectivity index (χ1) is 6.61. The van der Waals surface area contributed by atoms with E-state index in [4.69, 9.17) is 5.73 Å². The number of imidazole rings is 1. The van der Waals surface area contributed by atoms with Crippen LogP contribution in [0.3, 0.4) is 0 Å². The molecule has 0 saturated heterocycles. The van der Waals surface area contributed by atoms with Gasteiger partial charge in [-0.25, -0.2) is 4.98 Å². The van der Waals surface area contributed by atoms with Gasteiger partial charge in [0.2, 0.25) is 0 Å². The van der Waals surface area contributed by atoms with Crippen LogP contribution in [0.5, 0.6) is 0 Å². The molecule has 86 valence electrons. The second-order valence-corrected chi connectivity index (χ2v) is 6.35. The predicted octanol–water partition coefficient (Wildman–Crippen LogP) is 2.81. The second kappa shape index (κ2) is 3.54. The van der Waals surface area contributed by atoms with E-state index in [1.54, 1.807) is 0 Å². The minimum atomic E-state index is 0.00716. The Morgan fingerprint density at radius 3 is 2.07 bits per heavy atom. The van der Waals surface area contributed by atoms with Crippen molar-refractivity contribution in [3.05, 3.63) is 12.0 Å². The molecule has 0 spiro atoms. The van der Waals surface area contributed by atoms with Crippen LogP contribution in [0, 0.1) is 5.41 Å². The van der Waals surface area contributed by atoms with E-state index in [-0.39, 0.29) is 11.0 Å². The molecular formula is C12H23N3. The SMILES string of the molecule is CC(C)(C)Cc1ncn(C(C)(C)C)c1N. The number of nitrogens with zero attached hydrogens (tertiary/aromatic N) is 2. The Labute approximate surface area is 92.7 Å². The molecule has 1 aromatic heterocycles.